The summed E-state index contributed by atoms with van der Waals surface area (Å²) in [4.78, 5) is 11.8. The Kier molecular flexibility index (Phi) is 4.60. The molecule has 0 aliphatic heterocycles. The second-order valence-electron chi connectivity index (χ2n) is 4.53. The molecule has 4 heteroatoms. The van der Waals surface area contributed by atoms with E-state index in [2.05, 4.69) is 5.32 Å². The first-order chi connectivity index (χ1) is 9.66. The summed E-state index contributed by atoms with van der Waals surface area (Å²) >= 11 is 0. The van der Waals surface area contributed by atoms with Crippen LogP contribution in [0.1, 0.15) is 18.5 Å². The van der Waals surface area contributed by atoms with Crippen LogP contribution in [0.15, 0.2) is 54.6 Å². The maximum absolute atomic E-state index is 11.8. The van der Waals surface area contributed by atoms with Crippen LogP contribution in [0.2, 0.25) is 0 Å². The molecule has 0 aliphatic carbocycles. The van der Waals surface area contributed by atoms with E-state index in [0.717, 1.165) is 5.56 Å². The molecular formula is C16H18N2O2. The highest BCUT2D eigenvalue weighted by Crippen LogP contribution is 2.19. The van der Waals surface area contributed by atoms with Gasteiger partial charge in [-0.3, -0.25) is 4.79 Å². The number of benzene rings is 2. The molecule has 4 nitrogen and oxygen atoms in total. The average Bonchev–Trinajstić information content (AvgIpc) is 2.47. The molecule has 0 spiro atoms. The predicted molar refractivity (Wildman–Crippen MR) is 79.3 cm³/mol. The van der Waals surface area contributed by atoms with E-state index in [-0.39, 0.29) is 18.6 Å². The zero-order valence-electron chi connectivity index (χ0n) is 11.4. The molecule has 0 fully saturated rings. The average molecular weight is 270 g/mol. The molecule has 1 amide bonds. The normalized spacial score (nSPS) is 11.7. The summed E-state index contributed by atoms with van der Waals surface area (Å²) in [6.45, 7) is 1.88. The van der Waals surface area contributed by atoms with E-state index in [0.29, 0.717) is 11.4 Å². The van der Waals surface area contributed by atoms with E-state index >= 15 is 0 Å². The number of nitrogens with one attached hydrogen (secondary N) is 1. The largest absolute Gasteiger partial charge is 0.482 e. The second-order valence-corrected chi connectivity index (χ2v) is 4.53. The van der Waals surface area contributed by atoms with Crippen molar-refractivity contribution in [1.29, 1.82) is 0 Å². The van der Waals surface area contributed by atoms with E-state index < -0.39 is 0 Å². The molecule has 20 heavy (non-hydrogen) atoms. The number of rotatable bonds is 5. The Morgan fingerprint density at radius 1 is 1.15 bits per heavy atom. The fraction of sp³-hybridized carbons (Fsp3) is 0.188. The highest BCUT2D eigenvalue weighted by molar-refractivity contribution is 5.78. The fourth-order valence-corrected chi connectivity index (χ4v) is 1.86. The van der Waals surface area contributed by atoms with Crippen molar-refractivity contribution < 1.29 is 9.53 Å². The molecule has 2 aromatic rings. The van der Waals surface area contributed by atoms with Crippen molar-refractivity contribution in [2.75, 3.05) is 12.3 Å². The molecule has 0 saturated carbocycles. The van der Waals surface area contributed by atoms with Gasteiger partial charge in [-0.15, -0.1) is 0 Å². The van der Waals surface area contributed by atoms with Crippen molar-refractivity contribution in [1.82, 2.24) is 5.32 Å². The SMILES string of the molecule is C[C@H](NC(=O)COc1ccccc1N)c1ccccc1. The van der Waals surface area contributed by atoms with Crippen LogP contribution in [0.3, 0.4) is 0 Å². The van der Waals surface area contributed by atoms with Crippen molar-refractivity contribution in [3.05, 3.63) is 60.2 Å². The molecule has 2 rings (SSSR count). The minimum absolute atomic E-state index is 0.0502. The molecule has 0 saturated heterocycles. The molecular weight excluding hydrogens is 252 g/mol. The molecule has 0 aromatic heterocycles. The summed E-state index contributed by atoms with van der Waals surface area (Å²) in [6, 6.07) is 16.8. The summed E-state index contributed by atoms with van der Waals surface area (Å²) in [5.41, 5.74) is 7.32. The van der Waals surface area contributed by atoms with E-state index in [4.69, 9.17) is 10.5 Å². The molecule has 2 aromatic carbocycles. The number of carbonyl (C=O) groups is 1. The lowest BCUT2D eigenvalue weighted by atomic mass is 10.1. The molecule has 0 aliphatic rings. The van der Waals surface area contributed by atoms with Gasteiger partial charge in [0, 0.05) is 0 Å². The first-order valence-corrected chi connectivity index (χ1v) is 6.48. The Morgan fingerprint density at radius 3 is 2.50 bits per heavy atom. The van der Waals surface area contributed by atoms with Crippen LogP contribution in [0.25, 0.3) is 0 Å². The van der Waals surface area contributed by atoms with Gasteiger partial charge < -0.3 is 15.8 Å². The van der Waals surface area contributed by atoms with Crippen LogP contribution in [0.4, 0.5) is 5.69 Å². The van der Waals surface area contributed by atoms with Crippen LogP contribution >= 0.6 is 0 Å². The topological polar surface area (TPSA) is 64.3 Å². The number of amides is 1. The maximum Gasteiger partial charge on any atom is 0.258 e. The number of carbonyl (C=O) groups excluding carboxylic acids is 1. The van der Waals surface area contributed by atoms with Gasteiger partial charge in [0.2, 0.25) is 0 Å². The second kappa shape index (κ2) is 6.61. The Bertz CT molecular complexity index is 570. The molecule has 104 valence electrons. The van der Waals surface area contributed by atoms with Crippen molar-refractivity contribution in [3.8, 4) is 5.75 Å². The zero-order chi connectivity index (χ0) is 14.4. The van der Waals surface area contributed by atoms with E-state index in [1.165, 1.54) is 0 Å². The summed E-state index contributed by atoms with van der Waals surface area (Å²) < 4.78 is 5.40. The zero-order valence-corrected chi connectivity index (χ0v) is 11.4. The van der Waals surface area contributed by atoms with E-state index in [1.54, 1.807) is 12.1 Å². The molecule has 1 atom stereocenters. The monoisotopic (exact) mass is 270 g/mol. The van der Waals surface area contributed by atoms with E-state index in [1.807, 2.05) is 49.4 Å². The van der Waals surface area contributed by atoms with Crippen LogP contribution in [-0.4, -0.2) is 12.5 Å². The third-order valence-corrected chi connectivity index (χ3v) is 2.95. The molecule has 0 unspecified atom stereocenters. The number of hydrogen-bond donors (Lipinski definition) is 2. The third kappa shape index (κ3) is 3.75. The number of hydrogen-bond acceptors (Lipinski definition) is 3. The first-order valence-electron chi connectivity index (χ1n) is 6.48. The number of ether oxygens (including phenoxy) is 1. The van der Waals surface area contributed by atoms with E-state index in [9.17, 15) is 4.79 Å². The van der Waals surface area contributed by atoms with Gasteiger partial charge in [-0.05, 0) is 24.6 Å². The standard InChI is InChI=1S/C16H18N2O2/c1-12(13-7-3-2-4-8-13)18-16(19)11-20-15-10-6-5-9-14(15)17/h2-10,12H,11,17H2,1H3,(H,18,19)/t12-/m0/s1. The number of anilines is 1. The maximum atomic E-state index is 11.8. The van der Waals surface area contributed by atoms with Gasteiger partial charge in [0.15, 0.2) is 6.61 Å². The van der Waals surface area contributed by atoms with Crippen molar-refractivity contribution in [2.45, 2.75) is 13.0 Å². The van der Waals surface area contributed by atoms with Gasteiger partial charge in [0.1, 0.15) is 5.75 Å². The van der Waals surface area contributed by atoms with Gasteiger partial charge in [-0.2, -0.15) is 0 Å². The lowest BCUT2D eigenvalue weighted by Crippen LogP contribution is -2.31. The van der Waals surface area contributed by atoms with Gasteiger partial charge in [-0.25, -0.2) is 0 Å². The first kappa shape index (κ1) is 13.9. The minimum Gasteiger partial charge on any atom is -0.482 e. The Labute approximate surface area is 118 Å². The highest BCUT2D eigenvalue weighted by Gasteiger charge is 2.10. The predicted octanol–water partition coefficient (Wildman–Crippen LogP) is 2.53. The Hall–Kier alpha value is -2.49. The summed E-state index contributed by atoms with van der Waals surface area (Å²) in [5.74, 6) is 0.347. The van der Waals surface area contributed by atoms with Gasteiger partial charge in [-0.1, -0.05) is 42.5 Å². The fourth-order valence-electron chi connectivity index (χ4n) is 1.86. The van der Waals surface area contributed by atoms with Crippen LogP contribution in [-0.2, 0) is 4.79 Å². The molecule has 3 N–H and O–H groups in total. The van der Waals surface area contributed by atoms with Gasteiger partial charge >= 0.3 is 0 Å². The van der Waals surface area contributed by atoms with Crippen molar-refractivity contribution in [3.63, 3.8) is 0 Å². The van der Waals surface area contributed by atoms with Crippen molar-refractivity contribution >= 4 is 11.6 Å². The summed E-state index contributed by atoms with van der Waals surface area (Å²) in [5, 5.41) is 2.88. The minimum atomic E-state index is -0.176. The molecule has 0 radical (unpaired) electrons. The highest BCUT2D eigenvalue weighted by atomic mass is 16.5. The van der Waals surface area contributed by atoms with Crippen molar-refractivity contribution in [2.24, 2.45) is 0 Å². The number of para-hydroxylation sites is 2. The van der Waals surface area contributed by atoms with Crippen LogP contribution in [0, 0.1) is 0 Å². The quantitative estimate of drug-likeness (QED) is 0.821. The third-order valence-electron chi connectivity index (χ3n) is 2.95. The smallest absolute Gasteiger partial charge is 0.258 e. The van der Waals surface area contributed by atoms with Gasteiger partial charge in [0.05, 0.1) is 11.7 Å². The number of nitrogens with two attached hydrogens (primary N) is 1. The van der Waals surface area contributed by atoms with Gasteiger partial charge in [0.25, 0.3) is 5.91 Å². The summed E-state index contributed by atoms with van der Waals surface area (Å²) in [7, 11) is 0. The number of nitrogen functional groups attached to an aromatic ring is 1. The molecule has 0 heterocycles. The Morgan fingerprint density at radius 2 is 1.80 bits per heavy atom. The Balaban J connectivity index is 1.86. The molecule has 0 bridgehead atoms. The summed E-state index contributed by atoms with van der Waals surface area (Å²) in [6.07, 6.45) is 0. The lowest BCUT2D eigenvalue weighted by molar-refractivity contribution is -0.123. The lowest BCUT2D eigenvalue weighted by Gasteiger charge is -2.15. The van der Waals surface area contributed by atoms with Crippen LogP contribution in [0.5, 0.6) is 5.75 Å². The van der Waals surface area contributed by atoms with Crippen LogP contribution < -0.4 is 15.8 Å².